The summed E-state index contributed by atoms with van der Waals surface area (Å²) in [6, 6.07) is 22.6. The first-order valence-corrected chi connectivity index (χ1v) is 11.9. The van der Waals surface area contributed by atoms with E-state index in [0.717, 1.165) is 53.3 Å². The molecule has 4 aromatic rings. The molecule has 0 N–H and O–H groups in total. The zero-order valence-corrected chi connectivity index (χ0v) is 21.4. The lowest BCUT2D eigenvalue weighted by molar-refractivity contribution is 0.545. The summed E-state index contributed by atoms with van der Waals surface area (Å²) in [6.07, 6.45) is 1.84. The maximum atomic E-state index is 6.56. The Balaban J connectivity index is 1.99. The lowest BCUT2D eigenvalue weighted by Crippen LogP contribution is -2.16. The summed E-state index contributed by atoms with van der Waals surface area (Å²) in [5.74, 6) is 0.802. The molecule has 0 aliphatic carbocycles. The molecule has 0 aliphatic rings. The molecule has 4 rings (SSSR count). The summed E-state index contributed by atoms with van der Waals surface area (Å²) in [5.41, 5.74) is 5.94. The van der Waals surface area contributed by atoms with E-state index in [0.29, 0.717) is 0 Å². The fourth-order valence-corrected chi connectivity index (χ4v) is 4.58. The van der Waals surface area contributed by atoms with Crippen molar-refractivity contribution in [3.8, 4) is 33.5 Å². The molecule has 156 valence electrons. The van der Waals surface area contributed by atoms with Crippen LogP contribution in [0.5, 0.6) is 0 Å². The van der Waals surface area contributed by atoms with Gasteiger partial charge in [0.05, 0.1) is 10.2 Å². The lowest BCUT2D eigenvalue weighted by Gasteiger charge is -2.18. The highest BCUT2D eigenvalue weighted by Crippen LogP contribution is 2.39. The van der Waals surface area contributed by atoms with Crippen LogP contribution in [0.3, 0.4) is 0 Å². The lowest BCUT2D eigenvalue weighted by atomic mass is 9.93. The van der Waals surface area contributed by atoms with Gasteiger partial charge in [0.2, 0.25) is 0 Å². The Morgan fingerprint density at radius 1 is 0.742 bits per heavy atom. The molecule has 1 aromatic heterocycles. The Morgan fingerprint density at radius 2 is 1.32 bits per heavy atom. The summed E-state index contributed by atoms with van der Waals surface area (Å²) < 4.78 is 1.89. The number of hydrogen-bond acceptors (Lipinski definition) is 2. The number of halogens is 3. The fourth-order valence-electron chi connectivity index (χ4n) is 3.40. The molecule has 0 fully saturated rings. The summed E-state index contributed by atoms with van der Waals surface area (Å²) >= 11 is 13.9. The van der Waals surface area contributed by atoms with Crippen LogP contribution in [0.15, 0.2) is 81.9 Å². The van der Waals surface area contributed by atoms with Crippen LogP contribution in [0.1, 0.15) is 26.6 Å². The van der Waals surface area contributed by atoms with Crippen LogP contribution in [0.25, 0.3) is 33.5 Å². The molecule has 0 radical (unpaired) electrons. The second-order valence-corrected chi connectivity index (χ2v) is 10.5. The van der Waals surface area contributed by atoms with Crippen LogP contribution in [0.2, 0.25) is 5.02 Å². The summed E-state index contributed by atoms with van der Waals surface area (Å²) in [4.78, 5) is 9.46. The number of rotatable bonds is 3. The average molecular weight is 557 g/mol. The highest BCUT2D eigenvalue weighted by atomic mass is 79.9. The molecular formula is C26H21Br2ClN2. The fraction of sp³-hybridized carbons (Fsp3) is 0.154. The van der Waals surface area contributed by atoms with Gasteiger partial charge in [0.15, 0.2) is 0 Å². The monoisotopic (exact) mass is 554 g/mol. The quantitative estimate of drug-likeness (QED) is 0.252. The molecule has 0 unspecified atom stereocenters. The molecule has 31 heavy (non-hydrogen) atoms. The van der Waals surface area contributed by atoms with E-state index in [1.165, 1.54) is 0 Å². The number of nitrogens with zero attached hydrogens (tertiary/aromatic N) is 2. The van der Waals surface area contributed by atoms with Crippen LogP contribution < -0.4 is 0 Å². The second kappa shape index (κ2) is 8.85. The average Bonchev–Trinajstić information content (AvgIpc) is 2.73. The minimum atomic E-state index is -0.152. The van der Waals surface area contributed by atoms with Crippen molar-refractivity contribution in [2.75, 3.05) is 0 Å². The third kappa shape index (κ3) is 4.77. The van der Waals surface area contributed by atoms with Crippen LogP contribution in [0.4, 0.5) is 0 Å². The van der Waals surface area contributed by atoms with Gasteiger partial charge in [-0.15, -0.1) is 0 Å². The van der Waals surface area contributed by atoms with Crippen molar-refractivity contribution in [3.05, 3.63) is 92.7 Å². The molecule has 3 aromatic carbocycles. The first-order chi connectivity index (χ1) is 14.7. The van der Waals surface area contributed by atoms with E-state index in [9.17, 15) is 0 Å². The highest BCUT2D eigenvalue weighted by Gasteiger charge is 2.20. The van der Waals surface area contributed by atoms with Crippen molar-refractivity contribution >= 4 is 43.5 Å². The van der Waals surface area contributed by atoms with Crippen molar-refractivity contribution in [1.82, 2.24) is 9.97 Å². The molecular weight excluding hydrogens is 536 g/mol. The molecule has 0 saturated carbocycles. The zero-order chi connectivity index (χ0) is 22.2. The standard InChI is InChI=1S/C26H21Br2ClN2/c1-26(2,3)25-30-15-22(28)24(31-25)18-13-16(19-8-4-6-10-21(19)27)12-17(14-18)20-9-5-7-11-23(20)29/h4-15H,1-3H3. The van der Waals surface area contributed by atoms with Crippen LogP contribution in [0, 0.1) is 0 Å². The van der Waals surface area contributed by atoms with Gasteiger partial charge in [-0.3, -0.25) is 0 Å². The van der Waals surface area contributed by atoms with Crippen LogP contribution in [-0.2, 0) is 5.41 Å². The largest absolute Gasteiger partial charge is 0.240 e. The molecule has 0 amide bonds. The van der Waals surface area contributed by atoms with E-state index in [1.54, 1.807) is 0 Å². The molecule has 0 bridgehead atoms. The van der Waals surface area contributed by atoms with E-state index in [2.05, 4.69) is 87.9 Å². The Labute approximate surface area is 205 Å². The third-order valence-corrected chi connectivity index (χ3v) is 6.59. The molecule has 0 aliphatic heterocycles. The first-order valence-electron chi connectivity index (χ1n) is 9.92. The molecule has 2 nitrogen and oxygen atoms in total. The van der Waals surface area contributed by atoms with Crippen molar-refractivity contribution in [3.63, 3.8) is 0 Å². The summed E-state index contributed by atoms with van der Waals surface area (Å²) in [7, 11) is 0. The van der Waals surface area contributed by atoms with Gasteiger partial charge in [-0.2, -0.15) is 0 Å². The molecule has 5 heteroatoms. The van der Waals surface area contributed by atoms with Gasteiger partial charge >= 0.3 is 0 Å². The Hall–Kier alpha value is -2.01. The molecule has 0 atom stereocenters. The van der Waals surface area contributed by atoms with Gasteiger partial charge in [0, 0.05) is 32.2 Å². The van der Waals surface area contributed by atoms with Gasteiger partial charge in [-0.25, -0.2) is 9.97 Å². The van der Waals surface area contributed by atoms with Gasteiger partial charge < -0.3 is 0 Å². The van der Waals surface area contributed by atoms with Crippen LogP contribution in [-0.4, -0.2) is 9.97 Å². The number of benzene rings is 3. The molecule has 1 heterocycles. The van der Waals surface area contributed by atoms with Crippen molar-refractivity contribution in [1.29, 1.82) is 0 Å². The minimum Gasteiger partial charge on any atom is -0.240 e. The summed E-state index contributed by atoms with van der Waals surface area (Å²) in [5, 5.41) is 0.717. The Morgan fingerprint density at radius 3 is 1.97 bits per heavy atom. The van der Waals surface area contributed by atoms with Gasteiger partial charge in [-0.1, -0.05) is 84.7 Å². The third-order valence-electron chi connectivity index (χ3n) is 4.99. The van der Waals surface area contributed by atoms with Gasteiger partial charge in [-0.05, 0) is 63.0 Å². The van der Waals surface area contributed by atoms with E-state index >= 15 is 0 Å². The zero-order valence-electron chi connectivity index (χ0n) is 17.5. The van der Waals surface area contributed by atoms with E-state index in [4.69, 9.17) is 16.6 Å². The summed E-state index contributed by atoms with van der Waals surface area (Å²) in [6.45, 7) is 6.35. The minimum absolute atomic E-state index is 0.152. The Bertz CT molecular complexity index is 1200. The highest BCUT2D eigenvalue weighted by molar-refractivity contribution is 9.11. The Kier molecular flexibility index (Phi) is 6.34. The van der Waals surface area contributed by atoms with Gasteiger partial charge in [0.1, 0.15) is 5.82 Å². The first kappa shape index (κ1) is 22.2. The van der Waals surface area contributed by atoms with E-state index < -0.39 is 0 Å². The number of hydrogen-bond donors (Lipinski definition) is 0. The maximum Gasteiger partial charge on any atom is 0.134 e. The maximum absolute atomic E-state index is 6.56. The number of aromatic nitrogens is 2. The van der Waals surface area contributed by atoms with Crippen molar-refractivity contribution < 1.29 is 0 Å². The van der Waals surface area contributed by atoms with Crippen LogP contribution >= 0.6 is 43.5 Å². The van der Waals surface area contributed by atoms with E-state index in [1.807, 2.05) is 42.6 Å². The van der Waals surface area contributed by atoms with Crippen molar-refractivity contribution in [2.24, 2.45) is 0 Å². The molecule has 0 spiro atoms. The molecule has 0 saturated heterocycles. The second-order valence-electron chi connectivity index (χ2n) is 8.40. The van der Waals surface area contributed by atoms with E-state index in [-0.39, 0.29) is 5.41 Å². The predicted molar refractivity (Wildman–Crippen MR) is 137 cm³/mol. The topological polar surface area (TPSA) is 25.8 Å². The van der Waals surface area contributed by atoms with Gasteiger partial charge in [0.25, 0.3) is 0 Å². The normalized spacial score (nSPS) is 11.5. The smallest absolute Gasteiger partial charge is 0.134 e. The predicted octanol–water partition coefficient (Wildman–Crippen LogP) is 8.95. The SMILES string of the molecule is CC(C)(C)c1ncc(Br)c(-c2cc(-c3ccccc3Cl)cc(-c3ccccc3Br)c2)n1. The van der Waals surface area contributed by atoms with Crippen molar-refractivity contribution in [2.45, 2.75) is 26.2 Å².